The molecule has 3 rings (SSSR count). The molecule has 0 aliphatic carbocycles. The Bertz CT molecular complexity index is 852. The number of hydrogen-bond acceptors (Lipinski definition) is 4. The second-order valence-electron chi connectivity index (χ2n) is 4.85. The van der Waals surface area contributed by atoms with Gasteiger partial charge in [0.15, 0.2) is 17.3 Å². The summed E-state index contributed by atoms with van der Waals surface area (Å²) in [5.41, 5.74) is 2.13. The lowest BCUT2D eigenvalue weighted by molar-refractivity contribution is 0.102. The van der Waals surface area contributed by atoms with Crippen LogP contribution >= 0.6 is 0 Å². The van der Waals surface area contributed by atoms with Gasteiger partial charge in [0.25, 0.3) is 0 Å². The van der Waals surface area contributed by atoms with Crippen LogP contribution < -0.4 is 9.47 Å². The van der Waals surface area contributed by atoms with Crippen molar-refractivity contribution in [2.75, 3.05) is 14.2 Å². The monoisotopic (exact) mass is 296 g/mol. The number of benzene rings is 2. The van der Waals surface area contributed by atoms with Crippen molar-refractivity contribution < 1.29 is 14.3 Å². The molecule has 22 heavy (non-hydrogen) atoms. The molecule has 0 saturated heterocycles. The normalized spacial score (nSPS) is 10.7. The Kier molecular flexibility index (Phi) is 3.55. The number of aromatic nitrogens is 2. The second-order valence-corrected chi connectivity index (χ2v) is 4.85. The van der Waals surface area contributed by atoms with Crippen LogP contribution in [0.15, 0.2) is 42.5 Å². The maximum Gasteiger partial charge on any atom is 0.232 e. The predicted molar refractivity (Wildman–Crippen MR) is 83.7 cm³/mol. The summed E-state index contributed by atoms with van der Waals surface area (Å²) in [5, 5.41) is 0. The number of carbonyl (C=O) groups is 1. The van der Waals surface area contributed by atoms with Gasteiger partial charge < -0.3 is 14.0 Å². The van der Waals surface area contributed by atoms with E-state index in [1.165, 1.54) is 7.11 Å². The van der Waals surface area contributed by atoms with E-state index >= 15 is 0 Å². The molecule has 0 radical (unpaired) electrons. The molecule has 0 fully saturated rings. The van der Waals surface area contributed by atoms with Crippen LogP contribution in [0.5, 0.6) is 11.5 Å². The lowest BCUT2D eigenvalue weighted by Gasteiger charge is -2.11. The van der Waals surface area contributed by atoms with Gasteiger partial charge in [0.1, 0.15) is 0 Å². The number of aryl methyl sites for hydroxylation is 1. The highest BCUT2D eigenvalue weighted by atomic mass is 16.5. The first-order valence-corrected chi connectivity index (χ1v) is 6.84. The third-order valence-electron chi connectivity index (χ3n) is 3.64. The molecule has 0 atom stereocenters. The molecule has 5 heteroatoms. The predicted octanol–water partition coefficient (Wildman–Crippen LogP) is 2.82. The van der Waals surface area contributed by atoms with E-state index in [0.29, 0.717) is 22.9 Å². The highest BCUT2D eigenvalue weighted by molar-refractivity contribution is 6.10. The fourth-order valence-corrected chi connectivity index (χ4v) is 2.53. The van der Waals surface area contributed by atoms with Gasteiger partial charge in [-0.3, -0.25) is 4.79 Å². The molecule has 2 aromatic carbocycles. The molecule has 1 heterocycles. The minimum atomic E-state index is -0.200. The van der Waals surface area contributed by atoms with Gasteiger partial charge >= 0.3 is 0 Å². The molecule has 1 aromatic heterocycles. The van der Waals surface area contributed by atoms with Crippen LogP contribution in [0.25, 0.3) is 11.0 Å². The quantitative estimate of drug-likeness (QED) is 0.695. The number of imidazole rings is 1. The van der Waals surface area contributed by atoms with Gasteiger partial charge in [0, 0.05) is 7.05 Å². The van der Waals surface area contributed by atoms with Crippen LogP contribution in [0.3, 0.4) is 0 Å². The minimum absolute atomic E-state index is 0.200. The first kappa shape index (κ1) is 14.1. The van der Waals surface area contributed by atoms with Gasteiger partial charge in [0.05, 0.1) is 30.8 Å². The highest BCUT2D eigenvalue weighted by Crippen LogP contribution is 2.32. The van der Waals surface area contributed by atoms with Crippen molar-refractivity contribution in [3.8, 4) is 11.5 Å². The SMILES string of the molecule is COc1cccc(C(=O)c2nc3ccccc3n2C)c1OC. The summed E-state index contributed by atoms with van der Waals surface area (Å²) in [7, 11) is 4.89. The lowest BCUT2D eigenvalue weighted by atomic mass is 10.1. The van der Waals surface area contributed by atoms with E-state index in [4.69, 9.17) is 9.47 Å². The van der Waals surface area contributed by atoms with Gasteiger partial charge in [-0.15, -0.1) is 0 Å². The third-order valence-corrected chi connectivity index (χ3v) is 3.64. The number of rotatable bonds is 4. The Hall–Kier alpha value is -2.82. The van der Waals surface area contributed by atoms with Crippen molar-refractivity contribution in [1.29, 1.82) is 0 Å². The van der Waals surface area contributed by atoms with Gasteiger partial charge in [-0.25, -0.2) is 4.98 Å². The Morgan fingerprint density at radius 2 is 1.82 bits per heavy atom. The average Bonchev–Trinajstić information content (AvgIpc) is 2.90. The zero-order valence-corrected chi connectivity index (χ0v) is 12.7. The largest absolute Gasteiger partial charge is 0.493 e. The lowest BCUT2D eigenvalue weighted by Crippen LogP contribution is -2.10. The molecule has 0 spiro atoms. The molecular formula is C17H16N2O3. The average molecular weight is 296 g/mol. The maximum atomic E-state index is 12.9. The standard InChI is InChI=1S/C17H16N2O3/c1-19-13-9-5-4-8-12(13)18-17(19)15(20)11-7-6-10-14(21-2)16(11)22-3/h4-10H,1-3H3. The Morgan fingerprint density at radius 1 is 1.05 bits per heavy atom. The summed E-state index contributed by atoms with van der Waals surface area (Å²) in [4.78, 5) is 17.3. The smallest absolute Gasteiger partial charge is 0.232 e. The van der Waals surface area contributed by atoms with Gasteiger partial charge in [-0.2, -0.15) is 0 Å². The number of ether oxygens (including phenoxy) is 2. The Morgan fingerprint density at radius 3 is 2.50 bits per heavy atom. The van der Waals surface area contributed by atoms with E-state index in [9.17, 15) is 4.79 Å². The van der Waals surface area contributed by atoms with Crippen LogP contribution in [0, 0.1) is 0 Å². The fraction of sp³-hybridized carbons (Fsp3) is 0.176. The van der Waals surface area contributed by atoms with Crippen molar-refractivity contribution in [1.82, 2.24) is 9.55 Å². The molecule has 0 N–H and O–H groups in total. The van der Waals surface area contributed by atoms with Crippen molar-refractivity contribution in [3.63, 3.8) is 0 Å². The topological polar surface area (TPSA) is 53.3 Å². The van der Waals surface area contributed by atoms with E-state index in [1.54, 1.807) is 29.9 Å². The molecule has 0 bridgehead atoms. The van der Waals surface area contributed by atoms with Crippen molar-refractivity contribution in [3.05, 3.63) is 53.9 Å². The minimum Gasteiger partial charge on any atom is -0.493 e. The summed E-state index contributed by atoms with van der Waals surface area (Å²) in [6.45, 7) is 0. The summed E-state index contributed by atoms with van der Waals surface area (Å²) in [6, 6.07) is 12.9. The Balaban J connectivity index is 2.16. The summed E-state index contributed by atoms with van der Waals surface area (Å²) >= 11 is 0. The van der Waals surface area contributed by atoms with Gasteiger partial charge in [0.2, 0.25) is 5.78 Å². The van der Waals surface area contributed by atoms with E-state index in [0.717, 1.165) is 11.0 Å². The highest BCUT2D eigenvalue weighted by Gasteiger charge is 2.22. The first-order valence-electron chi connectivity index (χ1n) is 6.84. The van der Waals surface area contributed by atoms with Crippen molar-refractivity contribution in [2.45, 2.75) is 0 Å². The zero-order valence-electron chi connectivity index (χ0n) is 12.7. The van der Waals surface area contributed by atoms with E-state index in [1.807, 2.05) is 31.3 Å². The number of carbonyl (C=O) groups excluding carboxylic acids is 1. The molecule has 0 aliphatic rings. The molecule has 5 nitrogen and oxygen atoms in total. The number of methoxy groups -OCH3 is 2. The number of ketones is 1. The van der Waals surface area contributed by atoms with Crippen LogP contribution in [0.1, 0.15) is 16.2 Å². The molecule has 0 unspecified atom stereocenters. The summed E-state index contributed by atoms with van der Waals surface area (Å²) in [6.07, 6.45) is 0. The Labute approximate surface area is 128 Å². The van der Waals surface area contributed by atoms with Crippen LogP contribution in [-0.4, -0.2) is 29.6 Å². The van der Waals surface area contributed by atoms with Gasteiger partial charge in [-0.05, 0) is 24.3 Å². The number of fused-ring (bicyclic) bond motifs is 1. The van der Waals surface area contributed by atoms with Crippen LogP contribution in [-0.2, 0) is 7.05 Å². The van der Waals surface area contributed by atoms with E-state index in [-0.39, 0.29) is 5.78 Å². The maximum absolute atomic E-state index is 12.9. The summed E-state index contributed by atoms with van der Waals surface area (Å²) in [5.74, 6) is 1.11. The van der Waals surface area contributed by atoms with Crippen molar-refractivity contribution >= 4 is 16.8 Å². The second kappa shape index (κ2) is 5.52. The molecular weight excluding hydrogens is 280 g/mol. The van der Waals surface area contributed by atoms with E-state index < -0.39 is 0 Å². The molecule has 0 aliphatic heterocycles. The molecule has 3 aromatic rings. The molecule has 0 saturated carbocycles. The van der Waals surface area contributed by atoms with Crippen molar-refractivity contribution in [2.24, 2.45) is 7.05 Å². The summed E-state index contributed by atoms with van der Waals surface area (Å²) < 4.78 is 12.4. The molecule has 0 amide bonds. The molecule has 112 valence electrons. The van der Waals surface area contributed by atoms with E-state index in [2.05, 4.69) is 4.98 Å². The first-order chi connectivity index (χ1) is 10.7. The fourth-order valence-electron chi connectivity index (χ4n) is 2.53. The van der Waals surface area contributed by atoms with Gasteiger partial charge in [-0.1, -0.05) is 18.2 Å². The third kappa shape index (κ3) is 2.11. The number of hydrogen-bond donors (Lipinski definition) is 0. The van der Waals surface area contributed by atoms with Crippen LogP contribution in [0.2, 0.25) is 0 Å². The number of para-hydroxylation sites is 3. The zero-order chi connectivity index (χ0) is 15.7. The van der Waals surface area contributed by atoms with Crippen LogP contribution in [0.4, 0.5) is 0 Å². The number of nitrogens with zero attached hydrogens (tertiary/aromatic N) is 2.